The summed E-state index contributed by atoms with van der Waals surface area (Å²) in [5, 5.41) is 5.53. The van der Waals surface area contributed by atoms with E-state index in [0.29, 0.717) is 23.7 Å². The minimum absolute atomic E-state index is 0.228. The Morgan fingerprint density at radius 1 is 1.32 bits per heavy atom. The fourth-order valence-electron chi connectivity index (χ4n) is 1.70. The van der Waals surface area contributed by atoms with E-state index in [9.17, 15) is 4.79 Å². The molecule has 1 aromatic rings. The number of carbonyl (C=O) groups excluding carboxylic acids is 1. The zero-order chi connectivity index (χ0) is 14.1. The van der Waals surface area contributed by atoms with Crippen LogP contribution < -0.4 is 21.1 Å². The van der Waals surface area contributed by atoms with Crippen LogP contribution in [-0.4, -0.2) is 19.7 Å². The molecule has 0 aromatic heterocycles. The largest absolute Gasteiger partial charge is 0.497 e. The highest BCUT2D eigenvalue weighted by Gasteiger charge is 2.05. The van der Waals surface area contributed by atoms with Gasteiger partial charge < -0.3 is 21.1 Å². The SMILES string of the molecule is CCCCCCNC(=O)Nc1ccc(OC)cc1N. The molecule has 19 heavy (non-hydrogen) atoms. The molecule has 0 aliphatic heterocycles. The van der Waals surface area contributed by atoms with Crippen LogP contribution in [0.2, 0.25) is 0 Å². The summed E-state index contributed by atoms with van der Waals surface area (Å²) >= 11 is 0. The number of rotatable bonds is 7. The number of nitrogen functional groups attached to an aromatic ring is 1. The summed E-state index contributed by atoms with van der Waals surface area (Å²) < 4.78 is 5.05. The summed E-state index contributed by atoms with van der Waals surface area (Å²) in [6, 6.07) is 4.93. The van der Waals surface area contributed by atoms with Crippen LogP contribution in [0.3, 0.4) is 0 Å². The molecular weight excluding hydrogens is 242 g/mol. The third-order valence-electron chi connectivity index (χ3n) is 2.82. The maximum Gasteiger partial charge on any atom is 0.319 e. The van der Waals surface area contributed by atoms with Crippen LogP contribution in [0.15, 0.2) is 18.2 Å². The first-order valence-corrected chi connectivity index (χ1v) is 6.65. The average Bonchev–Trinajstić information content (AvgIpc) is 2.41. The molecule has 0 fully saturated rings. The van der Waals surface area contributed by atoms with Crippen molar-refractivity contribution >= 4 is 17.4 Å². The van der Waals surface area contributed by atoms with Gasteiger partial charge in [-0.25, -0.2) is 4.79 Å². The van der Waals surface area contributed by atoms with Crippen molar-refractivity contribution in [3.8, 4) is 5.75 Å². The molecule has 0 spiro atoms. The number of hydrogen-bond donors (Lipinski definition) is 3. The number of ether oxygens (including phenoxy) is 1. The Morgan fingerprint density at radius 3 is 2.74 bits per heavy atom. The van der Waals surface area contributed by atoms with Gasteiger partial charge in [0.2, 0.25) is 0 Å². The Kier molecular flexibility index (Phi) is 6.57. The lowest BCUT2D eigenvalue weighted by Crippen LogP contribution is -2.29. The van der Waals surface area contributed by atoms with Gasteiger partial charge in [-0.1, -0.05) is 26.2 Å². The highest BCUT2D eigenvalue weighted by atomic mass is 16.5. The molecule has 2 amide bonds. The number of anilines is 2. The number of methoxy groups -OCH3 is 1. The molecule has 0 aliphatic carbocycles. The van der Waals surface area contributed by atoms with E-state index in [2.05, 4.69) is 17.6 Å². The fraction of sp³-hybridized carbons (Fsp3) is 0.500. The van der Waals surface area contributed by atoms with Gasteiger partial charge in [0, 0.05) is 12.6 Å². The predicted molar refractivity (Wildman–Crippen MR) is 78.6 cm³/mol. The van der Waals surface area contributed by atoms with E-state index in [4.69, 9.17) is 10.5 Å². The first-order valence-electron chi connectivity index (χ1n) is 6.65. The van der Waals surface area contributed by atoms with Gasteiger partial charge in [0.25, 0.3) is 0 Å². The molecule has 0 atom stereocenters. The van der Waals surface area contributed by atoms with Crippen LogP contribution in [0.4, 0.5) is 16.2 Å². The second-order valence-electron chi connectivity index (χ2n) is 4.39. The molecule has 1 aromatic carbocycles. The number of benzene rings is 1. The third kappa shape index (κ3) is 5.50. The standard InChI is InChI=1S/C14H23N3O2/c1-3-4-5-6-9-16-14(18)17-13-8-7-11(19-2)10-12(13)15/h7-8,10H,3-6,9,15H2,1-2H3,(H2,16,17,18). The first kappa shape index (κ1) is 15.1. The smallest absolute Gasteiger partial charge is 0.319 e. The summed E-state index contributed by atoms with van der Waals surface area (Å²) in [7, 11) is 1.57. The molecule has 0 bridgehead atoms. The molecule has 5 heteroatoms. The summed E-state index contributed by atoms with van der Waals surface area (Å²) in [6.07, 6.45) is 4.53. The first-order chi connectivity index (χ1) is 9.17. The second kappa shape index (κ2) is 8.24. The molecule has 0 aliphatic rings. The van der Waals surface area contributed by atoms with Gasteiger partial charge in [-0.3, -0.25) is 0 Å². The van der Waals surface area contributed by atoms with Gasteiger partial charge >= 0.3 is 6.03 Å². The van der Waals surface area contributed by atoms with Crippen molar-refractivity contribution in [1.29, 1.82) is 0 Å². The fourth-order valence-corrected chi connectivity index (χ4v) is 1.70. The van der Waals surface area contributed by atoms with E-state index in [0.717, 1.165) is 12.8 Å². The molecule has 0 unspecified atom stereocenters. The molecular formula is C14H23N3O2. The van der Waals surface area contributed by atoms with E-state index in [1.165, 1.54) is 12.8 Å². The minimum atomic E-state index is -0.228. The topological polar surface area (TPSA) is 76.4 Å². The Labute approximate surface area is 114 Å². The monoisotopic (exact) mass is 265 g/mol. The van der Waals surface area contributed by atoms with Crippen molar-refractivity contribution in [2.75, 3.05) is 24.7 Å². The molecule has 0 heterocycles. The number of hydrogen-bond acceptors (Lipinski definition) is 3. The lowest BCUT2D eigenvalue weighted by molar-refractivity contribution is 0.252. The maximum atomic E-state index is 11.6. The van der Waals surface area contributed by atoms with Gasteiger partial charge in [0.15, 0.2) is 0 Å². The van der Waals surface area contributed by atoms with E-state index in [-0.39, 0.29) is 6.03 Å². The van der Waals surface area contributed by atoms with Crippen LogP contribution in [0.5, 0.6) is 5.75 Å². The molecule has 106 valence electrons. The Morgan fingerprint density at radius 2 is 2.11 bits per heavy atom. The highest BCUT2D eigenvalue weighted by molar-refractivity contribution is 5.92. The van der Waals surface area contributed by atoms with Crippen molar-refractivity contribution in [3.05, 3.63) is 18.2 Å². The Balaban J connectivity index is 2.36. The van der Waals surface area contributed by atoms with Crippen LogP contribution in [-0.2, 0) is 0 Å². The van der Waals surface area contributed by atoms with Crippen molar-refractivity contribution in [2.45, 2.75) is 32.6 Å². The van der Waals surface area contributed by atoms with Crippen molar-refractivity contribution in [2.24, 2.45) is 0 Å². The highest BCUT2D eigenvalue weighted by Crippen LogP contribution is 2.23. The number of unbranched alkanes of at least 4 members (excludes halogenated alkanes) is 3. The lowest BCUT2D eigenvalue weighted by atomic mass is 10.2. The van der Waals surface area contributed by atoms with Gasteiger partial charge in [-0.2, -0.15) is 0 Å². The number of nitrogens with two attached hydrogens (primary N) is 1. The minimum Gasteiger partial charge on any atom is -0.497 e. The van der Waals surface area contributed by atoms with E-state index >= 15 is 0 Å². The Bertz CT molecular complexity index is 408. The number of nitrogens with one attached hydrogen (secondary N) is 2. The zero-order valence-electron chi connectivity index (χ0n) is 11.7. The molecule has 4 N–H and O–H groups in total. The van der Waals surface area contributed by atoms with Crippen LogP contribution in [0.1, 0.15) is 32.6 Å². The number of carbonyl (C=O) groups is 1. The molecule has 0 radical (unpaired) electrons. The van der Waals surface area contributed by atoms with E-state index < -0.39 is 0 Å². The van der Waals surface area contributed by atoms with E-state index in [1.807, 2.05) is 0 Å². The van der Waals surface area contributed by atoms with E-state index in [1.54, 1.807) is 25.3 Å². The number of amides is 2. The molecule has 0 saturated carbocycles. The zero-order valence-corrected chi connectivity index (χ0v) is 11.7. The lowest BCUT2D eigenvalue weighted by Gasteiger charge is -2.10. The van der Waals surface area contributed by atoms with Crippen LogP contribution in [0, 0.1) is 0 Å². The van der Waals surface area contributed by atoms with Crippen molar-refractivity contribution < 1.29 is 9.53 Å². The second-order valence-corrected chi connectivity index (χ2v) is 4.39. The molecule has 0 saturated heterocycles. The Hall–Kier alpha value is -1.91. The summed E-state index contributed by atoms with van der Waals surface area (Å²) in [5.74, 6) is 0.669. The molecule has 5 nitrogen and oxygen atoms in total. The summed E-state index contributed by atoms with van der Waals surface area (Å²) in [4.78, 5) is 11.6. The summed E-state index contributed by atoms with van der Waals surface area (Å²) in [6.45, 7) is 2.84. The van der Waals surface area contributed by atoms with Gasteiger partial charge in [0.05, 0.1) is 18.5 Å². The van der Waals surface area contributed by atoms with Crippen LogP contribution >= 0.6 is 0 Å². The number of urea groups is 1. The van der Waals surface area contributed by atoms with Gasteiger partial charge in [-0.15, -0.1) is 0 Å². The van der Waals surface area contributed by atoms with Gasteiger partial charge in [-0.05, 0) is 18.6 Å². The summed E-state index contributed by atoms with van der Waals surface area (Å²) in [5.41, 5.74) is 6.89. The maximum absolute atomic E-state index is 11.6. The van der Waals surface area contributed by atoms with Crippen LogP contribution in [0.25, 0.3) is 0 Å². The quantitative estimate of drug-likeness (QED) is 0.524. The third-order valence-corrected chi connectivity index (χ3v) is 2.82. The normalized spacial score (nSPS) is 10.0. The average molecular weight is 265 g/mol. The molecule has 1 rings (SSSR count). The van der Waals surface area contributed by atoms with Gasteiger partial charge in [0.1, 0.15) is 5.75 Å². The van der Waals surface area contributed by atoms with Crippen molar-refractivity contribution in [1.82, 2.24) is 5.32 Å². The van der Waals surface area contributed by atoms with Crippen molar-refractivity contribution in [3.63, 3.8) is 0 Å². The predicted octanol–water partition coefficient (Wildman–Crippen LogP) is 2.98.